The van der Waals surface area contributed by atoms with E-state index < -0.39 is 0 Å². The summed E-state index contributed by atoms with van der Waals surface area (Å²) in [6, 6.07) is 11.4. The quantitative estimate of drug-likeness (QED) is 0.697. The summed E-state index contributed by atoms with van der Waals surface area (Å²) in [5.74, 6) is 1.24. The number of hydrogen-bond donors (Lipinski definition) is 1. The molecular formula is C13H10N2OS. The summed E-state index contributed by atoms with van der Waals surface area (Å²) in [7, 11) is 0. The van der Waals surface area contributed by atoms with Gasteiger partial charge in [0.15, 0.2) is 5.75 Å². The largest absolute Gasteiger partial charge is 0.436 e. The van der Waals surface area contributed by atoms with Crippen LogP contribution in [-0.4, -0.2) is 4.98 Å². The zero-order valence-electron chi connectivity index (χ0n) is 8.96. The number of anilines is 1. The lowest BCUT2D eigenvalue weighted by molar-refractivity contribution is 0.471. The second-order valence-electron chi connectivity index (χ2n) is 3.59. The third-order valence-electron chi connectivity index (χ3n) is 2.47. The van der Waals surface area contributed by atoms with Crippen LogP contribution in [0.3, 0.4) is 0 Å². The van der Waals surface area contributed by atoms with Crippen LogP contribution in [0.1, 0.15) is 0 Å². The van der Waals surface area contributed by atoms with Gasteiger partial charge in [-0.1, -0.05) is 12.1 Å². The Morgan fingerprint density at radius 2 is 2.00 bits per heavy atom. The van der Waals surface area contributed by atoms with E-state index in [0.717, 1.165) is 10.1 Å². The van der Waals surface area contributed by atoms with Crippen molar-refractivity contribution in [2.75, 3.05) is 5.73 Å². The number of thiophene rings is 1. The molecule has 2 aromatic heterocycles. The molecule has 3 rings (SSSR count). The molecule has 0 aliphatic rings. The third-order valence-corrected chi connectivity index (χ3v) is 3.35. The molecule has 0 unspecified atom stereocenters. The highest BCUT2D eigenvalue weighted by molar-refractivity contribution is 7.17. The Bertz CT molecular complexity index is 663. The molecular weight excluding hydrogens is 232 g/mol. The summed E-state index contributed by atoms with van der Waals surface area (Å²) in [5, 5.41) is 3.04. The van der Waals surface area contributed by atoms with Gasteiger partial charge in [0, 0.05) is 10.9 Å². The minimum absolute atomic E-state index is 0.599. The lowest BCUT2D eigenvalue weighted by Gasteiger charge is -2.07. The first-order chi connectivity index (χ1) is 8.34. The van der Waals surface area contributed by atoms with Crippen LogP contribution in [0.5, 0.6) is 11.6 Å². The average Bonchev–Trinajstić information content (AvgIpc) is 2.81. The van der Waals surface area contributed by atoms with Gasteiger partial charge in [0.2, 0.25) is 5.88 Å². The zero-order chi connectivity index (χ0) is 11.7. The van der Waals surface area contributed by atoms with Crippen LogP contribution >= 0.6 is 11.3 Å². The van der Waals surface area contributed by atoms with E-state index in [1.54, 1.807) is 17.5 Å². The van der Waals surface area contributed by atoms with E-state index in [-0.39, 0.29) is 0 Å². The van der Waals surface area contributed by atoms with Crippen LogP contribution in [0.2, 0.25) is 0 Å². The number of benzene rings is 1. The Morgan fingerprint density at radius 3 is 2.88 bits per heavy atom. The SMILES string of the molecule is Nc1ccccc1Oc1nccc2sccc12. The molecule has 0 amide bonds. The summed E-state index contributed by atoms with van der Waals surface area (Å²) in [5.41, 5.74) is 6.45. The average molecular weight is 242 g/mol. The van der Waals surface area contributed by atoms with Crippen molar-refractivity contribution in [1.82, 2.24) is 4.98 Å². The Balaban J connectivity index is 2.06. The normalized spacial score (nSPS) is 10.6. The number of ether oxygens (including phenoxy) is 1. The highest BCUT2D eigenvalue weighted by atomic mass is 32.1. The first kappa shape index (κ1) is 10.1. The smallest absolute Gasteiger partial charge is 0.228 e. The van der Waals surface area contributed by atoms with Crippen molar-refractivity contribution in [2.45, 2.75) is 0 Å². The Morgan fingerprint density at radius 1 is 1.12 bits per heavy atom. The van der Waals surface area contributed by atoms with E-state index in [9.17, 15) is 0 Å². The predicted molar refractivity (Wildman–Crippen MR) is 70.5 cm³/mol. The summed E-state index contributed by atoms with van der Waals surface area (Å²) >= 11 is 1.66. The van der Waals surface area contributed by atoms with Gasteiger partial charge < -0.3 is 10.5 Å². The van der Waals surface area contributed by atoms with E-state index in [4.69, 9.17) is 10.5 Å². The third kappa shape index (κ3) is 1.83. The van der Waals surface area contributed by atoms with Gasteiger partial charge in [-0.3, -0.25) is 0 Å². The Kier molecular flexibility index (Phi) is 2.42. The summed E-state index contributed by atoms with van der Waals surface area (Å²) < 4.78 is 6.91. The van der Waals surface area contributed by atoms with Crippen LogP contribution in [0.25, 0.3) is 10.1 Å². The number of aromatic nitrogens is 1. The number of pyridine rings is 1. The van der Waals surface area contributed by atoms with Crippen molar-refractivity contribution < 1.29 is 4.74 Å². The molecule has 3 aromatic rings. The molecule has 2 heterocycles. The summed E-state index contributed by atoms with van der Waals surface area (Å²) in [6.07, 6.45) is 1.74. The van der Waals surface area contributed by atoms with Crippen molar-refractivity contribution in [3.63, 3.8) is 0 Å². The molecule has 0 spiro atoms. The number of para-hydroxylation sites is 2. The number of fused-ring (bicyclic) bond motifs is 1. The molecule has 1 aromatic carbocycles. The minimum Gasteiger partial charge on any atom is -0.436 e. The van der Waals surface area contributed by atoms with Crippen LogP contribution in [0.4, 0.5) is 5.69 Å². The molecule has 0 atom stereocenters. The fraction of sp³-hybridized carbons (Fsp3) is 0. The second-order valence-corrected chi connectivity index (χ2v) is 4.54. The number of rotatable bonds is 2. The van der Waals surface area contributed by atoms with Gasteiger partial charge in [-0.2, -0.15) is 0 Å². The zero-order valence-corrected chi connectivity index (χ0v) is 9.78. The van der Waals surface area contributed by atoms with Gasteiger partial charge in [0.25, 0.3) is 0 Å². The maximum absolute atomic E-state index is 5.84. The highest BCUT2D eigenvalue weighted by Gasteiger charge is 2.07. The van der Waals surface area contributed by atoms with Crippen LogP contribution < -0.4 is 10.5 Å². The lowest BCUT2D eigenvalue weighted by Crippen LogP contribution is -1.93. The van der Waals surface area contributed by atoms with E-state index in [2.05, 4.69) is 4.98 Å². The summed E-state index contributed by atoms with van der Waals surface area (Å²) in [4.78, 5) is 4.24. The molecule has 17 heavy (non-hydrogen) atoms. The molecule has 0 radical (unpaired) electrons. The molecule has 84 valence electrons. The van der Waals surface area contributed by atoms with Crippen molar-refractivity contribution in [1.29, 1.82) is 0 Å². The molecule has 0 saturated heterocycles. The fourth-order valence-electron chi connectivity index (χ4n) is 1.63. The molecule has 0 saturated carbocycles. The van der Waals surface area contributed by atoms with E-state index in [1.165, 1.54) is 0 Å². The first-order valence-electron chi connectivity index (χ1n) is 5.19. The number of nitrogen functional groups attached to an aromatic ring is 1. The predicted octanol–water partition coefficient (Wildman–Crippen LogP) is 3.67. The standard InChI is InChI=1S/C13H10N2OS/c14-10-3-1-2-4-11(10)16-13-9-6-8-17-12(9)5-7-15-13/h1-8H,14H2. The lowest BCUT2D eigenvalue weighted by atomic mass is 10.3. The molecule has 0 fully saturated rings. The van der Waals surface area contributed by atoms with Gasteiger partial charge in [-0.15, -0.1) is 11.3 Å². The van der Waals surface area contributed by atoms with E-state index >= 15 is 0 Å². The number of hydrogen-bond acceptors (Lipinski definition) is 4. The van der Waals surface area contributed by atoms with Crippen molar-refractivity contribution >= 4 is 27.1 Å². The minimum atomic E-state index is 0.599. The molecule has 0 aliphatic carbocycles. The first-order valence-corrected chi connectivity index (χ1v) is 6.07. The van der Waals surface area contributed by atoms with Crippen molar-refractivity contribution in [3.8, 4) is 11.6 Å². The van der Waals surface area contributed by atoms with E-state index in [0.29, 0.717) is 17.3 Å². The number of nitrogens with two attached hydrogens (primary N) is 1. The molecule has 0 bridgehead atoms. The maximum atomic E-state index is 5.84. The Hall–Kier alpha value is -2.07. The van der Waals surface area contributed by atoms with Crippen LogP contribution in [-0.2, 0) is 0 Å². The van der Waals surface area contributed by atoms with Gasteiger partial charge in [0.05, 0.1) is 11.1 Å². The molecule has 4 heteroatoms. The van der Waals surface area contributed by atoms with Crippen LogP contribution in [0, 0.1) is 0 Å². The topological polar surface area (TPSA) is 48.1 Å². The maximum Gasteiger partial charge on any atom is 0.228 e. The monoisotopic (exact) mass is 242 g/mol. The van der Waals surface area contributed by atoms with Gasteiger partial charge in [0.1, 0.15) is 0 Å². The second kappa shape index (κ2) is 4.07. The van der Waals surface area contributed by atoms with Crippen molar-refractivity contribution in [3.05, 3.63) is 48.0 Å². The van der Waals surface area contributed by atoms with E-state index in [1.807, 2.05) is 41.8 Å². The van der Waals surface area contributed by atoms with Crippen molar-refractivity contribution in [2.24, 2.45) is 0 Å². The van der Waals surface area contributed by atoms with Crippen LogP contribution in [0.15, 0.2) is 48.0 Å². The fourth-order valence-corrected chi connectivity index (χ4v) is 2.40. The van der Waals surface area contributed by atoms with Gasteiger partial charge in [-0.25, -0.2) is 4.98 Å². The van der Waals surface area contributed by atoms with Gasteiger partial charge >= 0.3 is 0 Å². The Labute approximate surface area is 102 Å². The molecule has 0 aliphatic heterocycles. The summed E-state index contributed by atoms with van der Waals surface area (Å²) in [6.45, 7) is 0. The highest BCUT2D eigenvalue weighted by Crippen LogP contribution is 2.32. The number of nitrogens with zero attached hydrogens (tertiary/aromatic N) is 1. The molecule has 3 nitrogen and oxygen atoms in total. The van der Waals surface area contributed by atoms with Gasteiger partial charge in [-0.05, 0) is 29.6 Å². The molecule has 2 N–H and O–H groups in total.